The van der Waals surface area contributed by atoms with Crippen LogP contribution in [0.5, 0.6) is 0 Å². The second kappa shape index (κ2) is 6.15. The minimum absolute atomic E-state index is 0.711. The molecule has 1 saturated heterocycles. The van der Waals surface area contributed by atoms with Gasteiger partial charge in [0.15, 0.2) is 0 Å². The molecule has 0 bridgehead atoms. The topological polar surface area (TPSA) is 15.3 Å². The van der Waals surface area contributed by atoms with Crippen molar-refractivity contribution < 1.29 is 0 Å². The standard InChI is InChI=1S/C12H19BrN2S/c1-2-15(8-10-4-3-7-14-10)9-11-5-6-12(13)16-11/h5-6,10,14H,2-4,7-9H2,1H3. The van der Waals surface area contributed by atoms with E-state index < -0.39 is 0 Å². The second-order valence-electron chi connectivity index (χ2n) is 4.33. The van der Waals surface area contributed by atoms with E-state index in [1.165, 1.54) is 34.6 Å². The van der Waals surface area contributed by atoms with Crippen LogP contribution >= 0.6 is 27.3 Å². The summed E-state index contributed by atoms with van der Waals surface area (Å²) < 4.78 is 1.23. The number of likely N-dealkylation sites (N-methyl/N-ethyl adjacent to an activating group) is 1. The van der Waals surface area contributed by atoms with Gasteiger partial charge in [0.25, 0.3) is 0 Å². The van der Waals surface area contributed by atoms with E-state index >= 15 is 0 Å². The number of nitrogens with one attached hydrogen (secondary N) is 1. The zero-order valence-electron chi connectivity index (χ0n) is 9.71. The van der Waals surface area contributed by atoms with Gasteiger partial charge in [-0.1, -0.05) is 6.92 Å². The highest BCUT2D eigenvalue weighted by atomic mass is 79.9. The Bertz CT molecular complexity index is 321. The van der Waals surface area contributed by atoms with Crippen LogP contribution in [0.3, 0.4) is 0 Å². The van der Waals surface area contributed by atoms with Crippen LogP contribution in [-0.2, 0) is 6.54 Å². The molecule has 0 radical (unpaired) electrons. The van der Waals surface area contributed by atoms with Crippen LogP contribution in [0.4, 0.5) is 0 Å². The third kappa shape index (κ3) is 3.55. The third-order valence-corrected chi connectivity index (χ3v) is 4.70. The van der Waals surface area contributed by atoms with Crippen molar-refractivity contribution in [2.45, 2.75) is 32.4 Å². The van der Waals surface area contributed by atoms with Crippen molar-refractivity contribution in [3.63, 3.8) is 0 Å². The Morgan fingerprint density at radius 1 is 1.56 bits per heavy atom. The van der Waals surface area contributed by atoms with E-state index in [1.807, 2.05) is 11.3 Å². The van der Waals surface area contributed by atoms with Gasteiger partial charge in [-0.25, -0.2) is 0 Å². The van der Waals surface area contributed by atoms with Crippen molar-refractivity contribution >= 4 is 27.3 Å². The lowest BCUT2D eigenvalue weighted by molar-refractivity contribution is 0.255. The summed E-state index contributed by atoms with van der Waals surface area (Å²) in [5, 5.41) is 3.56. The molecule has 0 aliphatic carbocycles. The lowest BCUT2D eigenvalue weighted by Crippen LogP contribution is -2.36. The van der Waals surface area contributed by atoms with Gasteiger partial charge in [-0.2, -0.15) is 0 Å². The van der Waals surface area contributed by atoms with Crippen LogP contribution in [0.25, 0.3) is 0 Å². The average molecular weight is 303 g/mol. The quantitative estimate of drug-likeness (QED) is 0.899. The number of hydrogen-bond acceptors (Lipinski definition) is 3. The van der Waals surface area contributed by atoms with E-state index in [0.29, 0.717) is 6.04 Å². The molecular formula is C12H19BrN2S. The van der Waals surface area contributed by atoms with Gasteiger partial charge < -0.3 is 5.32 Å². The Morgan fingerprint density at radius 3 is 3.00 bits per heavy atom. The molecule has 1 fully saturated rings. The zero-order valence-corrected chi connectivity index (χ0v) is 12.1. The van der Waals surface area contributed by atoms with Crippen LogP contribution in [0, 0.1) is 0 Å². The number of hydrogen-bond donors (Lipinski definition) is 1. The van der Waals surface area contributed by atoms with Gasteiger partial charge in [-0.3, -0.25) is 4.90 Å². The minimum atomic E-state index is 0.711. The predicted molar refractivity (Wildman–Crippen MR) is 74.0 cm³/mol. The lowest BCUT2D eigenvalue weighted by Gasteiger charge is -2.23. The molecule has 1 N–H and O–H groups in total. The number of rotatable bonds is 5. The molecule has 2 heterocycles. The summed E-state index contributed by atoms with van der Waals surface area (Å²) in [5.74, 6) is 0. The highest BCUT2D eigenvalue weighted by Crippen LogP contribution is 2.23. The van der Waals surface area contributed by atoms with Gasteiger partial charge in [0.05, 0.1) is 3.79 Å². The zero-order chi connectivity index (χ0) is 11.4. The van der Waals surface area contributed by atoms with Crippen molar-refractivity contribution in [3.05, 3.63) is 20.8 Å². The van der Waals surface area contributed by atoms with Gasteiger partial charge >= 0.3 is 0 Å². The Kier molecular flexibility index (Phi) is 4.82. The summed E-state index contributed by atoms with van der Waals surface area (Å²) >= 11 is 5.36. The number of halogens is 1. The fourth-order valence-corrected chi connectivity index (χ4v) is 3.71. The molecule has 2 nitrogen and oxygen atoms in total. The van der Waals surface area contributed by atoms with E-state index in [1.54, 1.807) is 0 Å². The molecule has 2 rings (SSSR count). The summed E-state index contributed by atoms with van der Waals surface area (Å²) in [6, 6.07) is 5.07. The first kappa shape index (κ1) is 12.6. The molecule has 16 heavy (non-hydrogen) atoms. The largest absolute Gasteiger partial charge is 0.313 e. The van der Waals surface area contributed by atoms with Crippen LogP contribution in [0.15, 0.2) is 15.9 Å². The molecule has 0 saturated carbocycles. The maximum Gasteiger partial charge on any atom is 0.0701 e. The monoisotopic (exact) mass is 302 g/mol. The summed E-state index contributed by atoms with van der Waals surface area (Å²) in [7, 11) is 0. The molecule has 0 amide bonds. The van der Waals surface area contributed by atoms with Crippen molar-refractivity contribution in [1.82, 2.24) is 10.2 Å². The van der Waals surface area contributed by atoms with Crippen LogP contribution in [0.1, 0.15) is 24.6 Å². The fourth-order valence-electron chi connectivity index (χ4n) is 2.19. The average Bonchev–Trinajstić information content (AvgIpc) is 2.89. The third-order valence-electron chi connectivity index (χ3n) is 3.10. The molecule has 1 aliphatic heterocycles. The Hall–Kier alpha value is 0.1000. The molecule has 0 spiro atoms. The fraction of sp³-hybridized carbons (Fsp3) is 0.667. The van der Waals surface area contributed by atoms with Crippen molar-refractivity contribution in [2.24, 2.45) is 0 Å². The van der Waals surface area contributed by atoms with Gasteiger partial charge in [0.1, 0.15) is 0 Å². The molecule has 90 valence electrons. The molecule has 0 aromatic carbocycles. The van der Waals surface area contributed by atoms with Gasteiger partial charge in [0.2, 0.25) is 0 Å². The summed E-state index contributed by atoms with van der Waals surface area (Å²) in [4.78, 5) is 3.98. The van der Waals surface area contributed by atoms with Crippen molar-refractivity contribution in [2.75, 3.05) is 19.6 Å². The van der Waals surface area contributed by atoms with E-state index in [0.717, 1.165) is 13.1 Å². The highest BCUT2D eigenvalue weighted by Gasteiger charge is 2.17. The number of thiophene rings is 1. The normalized spacial score (nSPS) is 20.8. The van der Waals surface area contributed by atoms with E-state index in [2.05, 4.69) is 45.2 Å². The molecule has 1 aromatic rings. The molecular weight excluding hydrogens is 284 g/mol. The Labute approximate surface area is 110 Å². The highest BCUT2D eigenvalue weighted by molar-refractivity contribution is 9.11. The Morgan fingerprint density at radius 2 is 2.44 bits per heavy atom. The van der Waals surface area contributed by atoms with Gasteiger partial charge in [0, 0.05) is 24.0 Å². The van der Waals surface area contributed by atoms with Crippen LogP contribution in [0.2, 0.25) is 0 Å². The van der Waals surface area contributed by atoms with Crippen molar-refractivity contribution in [3.8, 4) is 0 Å². The van der Waals surface area contributed by atoms with Crippen molar-refractivity contribution in [1.29, 1.82) is 0 Å². The van der Waals surface area contributed by atoms with E-state index in [-0.39, 0.29) is 0 Å². The van der Waals surface area contributed by atoms with E-state index in [9.17, 15) is 0 Å². The first-order valence-corrected chi connectivity index (χ1v) is 7.59. The molecule has 1 atom stereocenters. The number of nitrogens with zero attached hydrogens (tertiary/aromatic N) is 1. The first-order chi connectivity index (χ1) is 7.78. The minimum Gasteiger partial charge on any atom is -0.313 e. The smallest absolute Gasteiger partial charge is 0.0701 e. The first-order valence-electron chi connectivity index (χ1n) is 5.98. The molecule has 1 aliphatic rings. The SMILES string of the molecule is CCN(Cc1ccc(Br)s1)CC1CCCN1. The molecule has 4 heteroatoms. The van der Waals surface area contributed by atoms with Crippen LogP contribution in [-0.4, -0.2) is 30.6 Å². The maximum atomic E-state index is 3.56. The molecule has 1 aromatic heterocycles. The van der Waals surface area contributed by atoms with Gasteiger partial charge in [-0.15, -0.1) is 11.3 Å². The lowest BCUT2D eigenvalue weighted by atomic mass is 10.2. The van der Waals surface area contributed by atoms with Gasteiger partial charge in [-0.05, 0) is 54.0 Å². The predicted octanol–water partition coefficient (Wildman–Crippen LogP) is 3.08. The summed E-state index contributed by atoms with van der Waals surface area (Å²) in [5.41, 5.74) is 0. The molecule has 1 unspecified atom stereocenters. The summed E-state index contributed by atoms with van der Waals surface area (Å²) in [6.45, 7) is 6.86. The Balaban J connectivity index is 1.84. The second-order valence-corrected chi connectivity index (χ2v) is 6.87. The van der Waals surface area contributed by atoms with E-state index in [4.69, 9.17) is 0 Å². The van der Waals surface area contributed by atoms with Crippen LogP contribution < -0.4 is 5.32 Å². The summed E-state index contributed by atoms with van der Waals surface area (Å²) in [6.07, 6.45) is 2.68. The maximum absolute atomic E-state index is 3.56.